The number of aliphatic hydroxyl groups excluding tert-OH is 1. The SMILES string of the molecule is O=C(O)CCN1C(=O)[C@H]2[C@H](CC=C3[C@H]2C[C@H]2C(=O)N(Nc4ncc(C(F)(F)F)cc4Cl)C(=O)[C@@]2(c2ccc(Cl)cc2)[C@H]3c2ccc(CO)o2)C1=O. The highest BCUT2D eigenvalue weighted by molar-refractivity contribution is 6.33. The molecule has 4 heterocycles. The van der Waals surface area contributed by atoms with E-state index < -0.39 is 100 Å². The number of anilines is 1. The number of allylic oxidation sites excluding steroid dienone is 2. The van der Waals surface area contributed by atoms with Crippen molar-refractivity contribution >= 4 is 58.6 Å². The zero-order valence-corrected chi connectivity index (χ0v) is 27.7. The number of furan rings is 1. The number of carboxylic acids is 1. The van der Waals surface area contributed by atoms with Crippen LogP contribution < -0.4 is 5.43 Å². The fourth-order valence-electron chi connectivity index (χ4n) is 8.22. The Bertz CT molecular complexity index is 2020. The molecule has 51 heavy (non-hydrogen) atoms. The van der Waals surface area contributed by atoms with Gasteiger partial charge in [-0.2, -0.15) is 18.2 Å². The number of alkyl halides is 3. The lowest BCUT2D eigenvalue weighted by Gasteiger charge is -2.49. The topological polar surface area (TPSA) is 170 Å². The van der Waals surface area contributed by atoms with Crippen LogP contribution in [0.15, 0.2) is 64.7 Å². The van der Waals surface area contributed by atoms with Crippen LogP contribution in [0.4, 0.5) is 19.0 Å². The summed E-state index contributed by atoms with van der Waals surface area (Å²) in [5.41, 5.74) is 0.436. The van der Waals surface area contributed by atoms with E-state index in [2.05, 4.69) is 10.4 Å². The average Bonchev–Trinajstić information content (AvgIpc) is 3.72. The minimum atomic E-state index is -4.77. The van der Waals surface area contributed by atoms with Crippen LogP contribution in [-0.4, -0.2) is 61.2 Å². The summed E-state index contributed by atoms with van der Waals surface area (Å²) in [5, 5.41) is 19.6. The summed E-state index contributed by atoms with van der Waals surface area (Å²) in [6.07, 6.45) is -3.03. The van der Waals surface area contributed by atoms with Gasteiger partial charge in [0.1, 0.15) is 23.5 Å². The molecular weight excluding hydrogens is 720 g/mol. The number of rotatable bonds is 8. The molecule has 7 rings (SSSR count). The van der Waals surface area contributed by atoms with E-state index in [0.29, 0.717) is 33.4 Å². The number of nitrogens with zero attached hydrogens (tertiary/aromatic N) is 3. The van der Waals surface area contributed by atoms with Gasteiger partial charge in [-0.05, 0) is 54.7 Å². The number of fused-ring (bicyclic) bond motifs is 4. The fraction of sp³-hybridized carbons (Fsp3) is 0.353. The van der Waals surface area contributed by atoms with Gasteiger partial charge in [0, 0.05) is 17.8 Å². The number of nitrogens with one attached hydrogen (secondary N) is 1. The lowest BCUT2D eigenvalue weighted by Crippen LogP contribution is -2.53. The number of carbonyl (C=O) groups is 5. The minimum Gasteiger partial charge on any atom is -0.481 e. The lowest BCUT2D eigenvalue weighted by atomic mass is 9.50. The van der Waals surface area contributed by atoms with Gasteiger partial charge in [0.05, 0.1) is 40.7 Å². The van der Waals surface area contributed by atoms with Crippen LogP contribution in [0.25, 0.3) is 0 Å². The number of hydrogen-bond acceptors (Lipinski definition) is 9. The first kappa shape index (κ1) is 34.7. The van der Waals surface area contributed by atoms with Crippen molar-refractivity contribution in [3.05, 3.63) is 93.0 Å². The van der Waals surface area contributed by atoms with Crippen LogP contribution in [0.1, 0.15) is 47.8 Å². The van der Waals surface area contributed by atoms with Crippen LogP contribution in [0.3, 0.4) is 0 Å². The number of halogens is 5. The van der Waals surface area contributed by atoms with E-state index in [0.717, 1.165) is 4.90 Å². The fourth-order valence-corrected chi connectivity index (χ4v) is 8.55. The highest BCUT2D eigenvalue weighted by Gasteiger charge is 2.71. The number of benzene rings is 1. The zero-order valence-electron chi connectivity index (χ0n) is 26.2. The van der Waals surface area contributed by atoms with Crippen molar-refractivity contribution in [2.24, 2.45) is 23.7 Å². The number of imide groups is 2. The molecule has 0 radical (unpaired) electrons. The van der Waals surface area contributed by atoms with Crippen molar-refractivity contribution in [2.45, 2.75) is 43.4 Å². The minimum absolute atomic E-state index is 0.0747. The molecule has 2 aliphatic carbocycles. The number of hydrazine groups is 1. The van der Waals surface area contributed by atoms with Crippen LogP contribution in [0.2, 0.25) is 10.0 Å². The number of aliphatic carboxylic acids is 1. The van der Waals surface area contributed by atoms with Crippen molar-refractivity contribution in [1.29, 1.82) is 0 Å². The highest BCUT2D eigenvalue weighted by Crippen LogP contribution is 2.64. The molecule has 0 unspecified atom stereocenters. The second-order valence-corrected chi connectivity index (χ2v) is 13.7. The standard InChI is InChI=1S/C34H27Cl2F3N4O8/c35-17-3-1-15(2-4-17)33-22(30(48)43(32(33)50)41-28-23(36)11-16(13-40-28)34(37,38)39)12-21-19(27(33)24-8-5-18(14-44)51-24)6-7-20-26(21)31(49)42(29(20)47)10-9-25(45)46/h1-6,8,11,13,20-22,26-27,44H,7,9-10,12,14H2,(H,40,41)(H,45,46)/t20-,21+,22-,26-,27+,33+/m0/s1. The quantitative estimate of drug-likeness (QED) is 0.212. The predicted molar refractivity (Wildman–Crippen MR) is 170 cm³/mol. The second kappa shape index (κ2) is 12.5. The molecule has 17 heteroatoms. The Hall–Kier alpha value is -4.73. The molecule has 3 N–H and O–H groups in total. The Morgan fingerprint density at radius 3 is 2.39 bits per heavy atom. The molecule has 2 aliphatic heterocycles. The molecule has 0 spiro atoms. The summed E-state index contributed by atoms with van der Waals surface area (Å²) in [7, 11) is 0. The first-order valence-electron chi connectivity index (χ1n) is 15.8. The Balaban J connectivity index is 1.39. The third-order valence-corrected chi connectivity index (χ3v) is 10.9. The Labute approximate surface area is 296 Å². The van der Waals surface area contributed by atoms with Gasteiger partial charge >= 0.3 is 12.1 Å². The second-order valence-electron chi connectivity index (χ2n) is 12.9. The van der Waals surface area contributed by atoms with Gasteiger partial charge in [-0.3, -0.25) is 34.3 Å². The predicted octanol–water partition coefficient (Wildman–Crippen LogP) is 4.95. The van der Waals surface area contributed by atoms with Gasteiger partial charge in [-0.15, -0.1) is 0 Å². The van der Waals surface area contributed by atoms with E-state index in [1.165, 1.54) is 18.2 Å². The third-order valence-electron chi connectivity index (χ3n) is 10.3. The van der Waals surface area contributed by atoms with E-state index in [1.807, 2.05) is 0 Å². The maximum Gasteiger partial charge on any atom is 0.417 e. The number of pyridine rings is 1. The van der Waals surface area contributed by atoms with Gasteiger partial charge in [0.2, 0.25) is 11.8 Å². The zero-order chi connectivity index (χ0) is 36.6. The highest BCUT2D eigenvalue weighted by atomic mass is 35.5. The Morgan fingerprint density at radius 1 is 1.04 bits per heavy atom. The van der Waals surface area contributed by atoms with Crippen LogP contribution >= 0.6 is 23.2 Å². The number of hydrogen-bond donors (Lipinski definition) is 3. The van der Waals surface area contributed by atoms with Crippen LogP contribution in [0.5, 0.6) is 0 Å². The van der Waals surface area contributed by atoms with E-state index in [4.69, 9.17) is 27.6 Å². The summed E-state index contributed by atoms with van der Waals surface area (Å²) >= 11 is 12.4. The molecule has 1 saturated carbocycles. The summed E-state index contributed by atoms with van der Waals surface area (Å²) in [6.45, 7) is -0.834. The first-order chi connectivity index (χ1) is 24.2. The molecule has 3 aromatic rings. The molecule has 266 valence electrons. The van der Waals surface area contributed by atoms with Gasteiger partial charge in [0.15, 0.2) is 5.82 Å². The van der Waals surface area contributed by atoms with Crippen molar-refractivity contribution < 1.29 is 51.8 Å². The van der Waals surface area contributed by atoms with Gasteiger partial charge in [-0.25, -0.2) is 4.98 Å². The van der Waals surface area contributed by atoms with Gasteiger partial charge in [-0.1, -0.05) is 47.0 Å². The largest absolute Gasteiger partial charge is 0.481 e. The molecule has 0 bridgehead atoms. The maximum absolute atomic E-state index is 15.0. The summed E-state index contributed by atoms with van der Waals surface area (Å²) in [4.78, 5) is 73.0. The summed E-state index contributed by atoms with van der Waals surface area (Å²) in [5.74, 6) is -9.04. The number of aliphatic hydroxyl groups is 1. The number of carboxylic acid groups (broad SMARTS) is 1. The van der Waals surface area contributed by atoms with Crippen LogP contribution in [0, 0.1) is 23.7 Å². The van der Waals surface area contributed by atoms with Gasteiger partial charge in [0.25, 0.3) is 11.8 Å². The smallest absolute Gasteiger partial charge is 0.417 e. The van der Waals surface area contributed by atoms with Crippen molar-refractivity contribution in [3.8, 4) is 0 Å². The molecule has 2 saturated heterocycles. The molecule has 6 atom stereocenters. The van der Waals surface area contributed by atoms with Crippen molar-refractivity contribution in [1.82, 2.24) is 14.9 Å². The van der Waals surface area contributed by atoms with Crippen molar-refractivity contribution in [3.63, 3.8) is 0 Å². The normalized spacial score (nSPS) is 27.3. The molecule has 12 nitrogen and oxygen atoms in total. The summed E-state index contributed by atoms with van der Waals surface area (Å²) < 4.78 is 46.2. The molecular formula is C34H27Cl2F3N4O8. The Kier molecular flexibility index (Phi) is 8.50. The average molecular weight is 748 g/mol. The maximum atomic E-state index is 15.0. The molecule has 3 fully saturated rings. The molecule has 1 aromatic carbocycles. The monoisotopic (exact) mass is 746 g/mol. The van der Waals surface area contributed by atoms with E-state index in [1.54, 1.807) is 24.3 Å². The Morgan fingerprint density at radius 2 is 1.76 bits per heavy atom. The first-order valence-corrected chi connectivity index (χ1v) is 16.5. The lowest BCUT2D eigenvalue weighted by molar-refractivity contribution is -0.143. The van der Waals surface area contributed by atoms with Gasteiger partial charge < -0.3 is 14.6 Å². The van der Waals surface area contributed by atoms with E-state index >= 15 is 4.79 Å². The third kappa shape index (κ3) is 5.40. The molecule has 4 amide bonds. The van der Waals surface area contributed by atoms with E-state index in [-0.39, 0.29) is 30.9 Å². The molecule has 4 aliphatic rings. The number of likely N-dealkylation sites (tertiary alicyclic amines) is 1. The van der Waals surface area contributed by atoms with Crippen molar-refractivity contribution in [2.75, 3.05) is 12.0 Å². The number of amides is 4. The van der Waals surface area contributed by atoms with Crippen LogP contribution in [-0.2, 0) is 42.2 Å². The number of carbonyl (C=O) groups excluding carboxylic acids is 4. The summed E-state index contributed by atoms with van der Waals surface area (Å²) in [6, 6.07) is 9.84. The number of aromatic nitrogens is 1. The van der Waals surface area contributed by atoms with E-state index in [9.17, 15) is 42.6 Å². The molecule has 2 aromatic heterocycles.